The number of amides is 1. The van der Waals surface area contributed by atoms with Crippen molar-refractivity contribution < 1.29 is 13.6 Å². The molecule has 0 fully saturated rings. The summed E-state index contributed by atoms with van der Waals surface area (Å²) in [4.78, 5) is 38.0. The first-order valence-corrected chi connectivity index (χ1v) is 17.5. The molecule has 1 amide bonds. The van der Waals surface area contributed by atoms with Gasteiger partial charge >= 0.3 is 0 Å². The van der Waals surface area contributed by atoms with Gasteiger partial charge in [-0.15, -0.1) is 0 Å². The number of hydrogen-bond donors (Lipinski definition) is 2. The van der Waals surface area contributed by atoms with Crippen molar-refractivity contribution in [2.24, 2.45) is 0 Å². The smallest absolute Gasteiger partial charge is 0.276 e. The minimum atomic E-state index is -0.726. The van der Waals surface area contributed by atoms with Crippen LogP contribution in [0.5, 0.6) is 0 Å². The molecule has 3 aromatic carbocycles. The predicted molar refractivity (Wildman–Crippen MR) is 196 cm³/mol. The summed E-state index contributed by atoms with van der Waals surface area (Å²) in [6.45, 7) is 2.31. The van der Waals surface area contributed by atoms with Gasteiger partial charge in [0.05, 0.1) is 48.2 Å². The molecule has 0 atom stereocenters. The first-order valence-electron chi connectivity index (χ1n) is 15.3. The quantitative estimate of drug-likeness (QED) is 0.177. The van der Waals surface area contributed by atoms with E-state index in [1.807, 2.05) is 0 Å². The van der Waals surface area contributed by atoms with Crippen molar-refractivity contribution in [3.63, 3.8) is 0 Å². The molecule has 262 valence electrons. The third-order valence-corrected chi connectivity index (χ3v) is 10.5. The average Bonchev–Trinajstić information content (AvgIpc) is 3.48. The number of nitrogens with two attached hydrogens (primary N) is 1. The molecule has 17 heteroatoms. The molecule has 0 aliphatic carbocycles. The van der Waals surface area contributed by atoms with E-state index in [1.54, 1.807) is 20.1 Å². The van der Waals surface area contributed by atoms with Gasteiger partial charge in [-0.1, -0.05) is 75.7 Å². The van der Waals surface area contributed by atoms with E-state index >= 15 is 0 Å². The van der Waals surface area contributed by atoms with Gasteiger partial charge in [0.1, 0.15) is 21.9 Å². The van der Waals surface area contributed by atoms with Gasteiger partial charge < -0.3 is 11.1 Å². The maximum Gasteiger partial charge on any atom is 0.276 e. The summed E-state index contributed by atoms with van der Waals surface area (Å²) in [6, 6.07) is 9.41. The monoisotopic (exact) mass is 802 g/mol. The van der Waals surface area contributed by atoms with E-state index in [0.29, 0.717) is 26.2 Å². The number of fused-ring (bicyclic) bond motifs is 2. The van der Waals surface area contributed by atoms with Gasteiger partial charge in [0.15, 0.2) is 0 Å². The van der Waals surface area contributed by atoms with Crippen molar-refractivity contribution in [2.45, 2.75) is 51.9 Å². The zero-order valence-electron chi connectivity index (χ0n) is 25.8. The van der Waals surface area contributed by atoms with Crippen LogP contribution in [0.25, 0.3) is 22.3 Å². The number of aromatic nitrogens is 4. The number of nitrogen functional groups attached to an aromatic ring is 1. The Kier molecular flexibility index (Phi) is 10.7. The minimum absolute atomic E-state index is 0.0269. The Morgan fingerprint density at radius 3 is 1.56 bits per heavy atom. The van der Waals surface area contributed by atoms with Gasteiger partial charge in [-0.25, -0.2) is 18.1 Å². The molecule has 4 heterocycles. The van der Waals surface area contributed by atoms with Crippen molar-refractivity contribution in [1.29, 1.82) is 0 Å². The average molecular weight is 805 g/mol. The predicted octanol–water partition coefficient (Wildman–Crippen LogP) is 9.25. The highest BCUT2D eigenvalue weighted by Gasteiger charge is 2.27. The number of benzene rings is 3. The molecule has 0 spiro atoms. The summed E-state index contributed by atoms with van der Waals surface area (Å²) in [5.74, 6) is -1.95. The fraction of sp³-hybridized carbons (Fsp3) is 0.242. The maximum atomic E-state index is 14.8. The van der Waals surface area contributed by atoms with Crippen molar-refractivity contribution >= 4 is 86.9 Å². The lowest BCUT2D eigenvalue weighted by atomic mass is 10.1. The largest absolute Gasteiger partial charge is 0.398 e. The van der Waals surface area contributed by atoms with Gasteiger partial charge in [0.25, 0.3) is 17.0 Å². The van der Waals surface area contributed by atoms with Crippen LogP contribution in [0.3, 0.4) is 0 Å². The van der Waals surface area contributed by atoms with E-state index in [-0.39, 0.29) is 75.1 Å². The van der Waals surface area contributed by atoms with Crippen LogP contribution >= 0.6 is 69.6 Å². The van der Waals surface area contributed by atoms with E-state index in [4.69, 9.17) is 75.3 Å². The molecule has 50 heavy (non-hydrogen) atoms. The van der Waals surface area contributed by atoms with Crippen LogP contribution in [-0.4, -0.2) is 24.6 Å². The topological polar surface area (TPSA) is 109 Å². The van der Waals surface area contributed by atoms with Crippen molar-refractivity contribution in [2.75, 3.05) is 11.1 Å². The van der Waals surface area contributed by atoms with Crippen molar-refractivity contribution in [1.82, 2.24) is 18.7 Å². The molecule has 2 aliphatic heterocycles. The van der Waals surface area contributed by atoms with E-state index in [0.717, 1.165) is 37.8 Å². The molecule has 0 saturated heterocycles. The third kappa shape index (κ3) is 6.67. The van der Waals surface area contributed by atoms with Gasteiger partial charge in [0.2, 0.25) is 0 Å². The number of hydrogen-bond acceptors (Lipinski definition) is 4. The van der Waals surface area contributed by atoms with Gasteiger partial charge in [-0.3, -0.25) is 23.7 Å². The molecule has 0 unspecified atom stereocenters. The summed E-state index contributed by atoms with van der Waals surface area (Å²) >= 11 is 36.7. The lowest BCUT2D eigenvalue weighted by Gasteiger charge is -2.17. The van der Waals surface area contributed by atoms with Gasteiger partial charge in [-0.2, -0.15) is 0 Å². The second-order valence-electron chi connectivity index (χ2n) is 11.6. The number of nitrogens with zero attached hydrogens (tertiary/aromatic N) is 4. The van der Waals surface area contributed by atoms with Crippen LogP contribution in [0, 0.1) is 11.6 Å². The molecule has 7 rings (SSSR count). The molecule has 2 aromatic heterocycles. The molecule has 3 N–H and O–H groups in total. The molecule has 0 bridgehead atoms. The Labute approximate surface area is 313 Å². The SMILES string of the molecule is Nc1cc(-c2c(Cl)n3n(c2=O)CCCC3)c(F)cc1Cl.O=C(Nc1cc(-c2c(Cl)n3n(c2=O)CCCC3)c(F)cc1Cl)c1c(Cl)cccc1Cl. The van der Waals surface area contributed by atoms with E-state index in [2.05, 4.69) is 5.32 Å². The molecule has 9 nitrogen and oxygen atoms in total. The summed E-state index contributed by atoms with van der Waals surface area (Å²) in [6.07, 6.45) is 3.56. The standard InChI is InChI=1S/C20H14Cl4FN3O2.C13H12Cl2FN3O/c21-11-4-3-5-12(22)17(11)19(29)26-15-8-10(14(25)9-13(15)23)16-18(24)27-6-1-2-7-28(27)20(16)30;14-8-6-9(16)7(5-10(8)17)11-12(15)18-3-1-2-4-19(18)13(11)20/h3-5,8-9H,1-2,6-7H2,(H,26,29);5-6H,1-4,17H2. The Balaban J connectivity index is 0.000000187. The Bertz CT molecular complexity index is 2280. The van der Waals surface area contributed by atoms with Crippen LogP contribution < -0.4 is 22.2 Å². The normalized spacial score (nSPS) is 13.7. The Morgan fingerprint density at radius 1 is 0.640 bits per heavy atom. The van der Waals surface area contributed by atoms with Crippen LogP contribution in [-0.2, 0) is 26.2 Å². The molecule has 5 aromatic rings. The van der Waals surface area contributed by atoms with Crippen LogP contribution in [0.2, 0.25) is 30.4 Å². The fourth-order valence-electron chi connectivity index (χ4n) is 6.00. The lowest BCUT2D eigenvalue weighted by Crippen LogP contribution is -2.27. The van der Waals surface area contributed by atoms with Crippen LogP contribution in [0.1, 0.15) is 36.0 Å². The fourth-order valence-corrected chi connectivity index (χ4v) is 7.63. The zero-order chi connectivity index (χ0) is 36.0. The molecule has 0 radical (unpaired) electrons. The number of carbonyl (C=O) groups is 1. The number of halogens is 8. The third-order valence-electron chi connectivity index (χ3n) is 8.44. The number of carbonyl (C=O) groups excluding carboxylic acids is 1. The highest BCUT2D eigenvalue weighted by molar-refractivity contribution is 6.41. The molecule has 2 aliphatic rings. The highest BCUT2D eigenvalue weighted by atomic mass is 35.5. The summed E-state index contributed by atoms with van der Waals surface area (Å²) in [5.41, 5.74) is 5.58. The molecular formula is C33H26Cl6F2N6O3. The Morgan fingerprint density at radius 2 is 1.08 bits per heavy atom. The first-order chi connectivity index (χ1) is 23.8. The highest BCUT2D eigenvalue weighted by Crippen LogP contribution is 2.36. The van der Waals surface area contributed by atoms with E-state index in [1.165, 1.54) is 28.9 Å². The first kappa shape index (κ1) is 36.3. The summed E-state index contributed by atoms with van der Waals surface area (Å²) < 4.78 is 35.2. The molecule has 0 saturated carbocycles. The van der Waals surface area contributed by atoms with Crippen LogP contribution in [0.4, 0.5) is 20.2 Å². The van der Waals surface area contributed by atoms with Crippen molar-refractivity contribution in [3.05, 3.63) is 111 Å². The minimum Gasteiger partial charge on any atom is -0.398 e. The van der Waals surface area contributed by atoms with E-state index < -0.39 is 23.1 Å². The summed E-state index contributed by atoms with van der Waals surface area (Å²) in [7, 11) is 0. The second-order valence-corrected chi connectivity index (χ2v) is 13.9. The summed E-state index contributed by atoms with van der Waals surface area (Å²) in [5, 5.41) is 3.35. The number of nitrogens with one attached hydrogen (secondary N) is 1. The van der Waals surface area contributed by atoms with Gasteiger partial charge in [-0.05, 0) is 62.1 Å². The van der Waals surface area contributed by atoms with E-state index in [9.17, 15) is 23.2 Å². The van der Waals surface area contributed by atoms with Gasteiger partial charge in [0, 0.05) is 37.3 Å². The Hall–Kier alpha value is -3.45. The van der Waals surface area contributed by atoms with Crippen molar-refractivity contribution in [3.8, 4) is 22.3 Å². The zero-order valence-corrected chi connectivity index (χ0v) is 30.3. The lowest BCUT2D eigenvalue weighted by molar-refractivity contribution is 0.102. The second kappa shape index (κ2) is 14.7. The number of anilines is 2. The van der Waals surface area contributed by atoms with Crippen LogP contribution in [0.15, 0.2) is 52.1 Å². The molecular weight excluding hydrogens is 779 g/mol. The number of rotatable bonds is 4. The maximum absolute atomic E-state index is 14.8.